The highest BCUT2D eigenvalue weighted by atomic mass is 32.2. The van der Waals surface area contributed by atoms with Crippen LogP contribution >= 0.6 is 23.1 Å². The molecule has 1 aromatic heterocycles. The van der Waals surface area contributed by atoms with E-state index in [2.05, 4.69) is 16.4 Å². The summed E-state index contributed by atoms with van der Waals surface area (Å²) in [7, 11) is 0. The Morgan fingerprint density at radius 3 is 2.76 bits per heavy atom. The second kappa shape index (κ2) is 7.36. The lowest BCUT2D eigenvalue weighted by Gasteiger charge is -2.14. The van der Waals surface area contributed by atoms with E-state index in [-0.39, 0.29) is 12.1 Å². The molecule has 0 atom stereocenters. The molecule has 2 heterocycles. The summed E-state index contributed by atoms with van der Waals surface area (Å²) in [5.74, 6) is 2.09. The van der Waals surface area contributed by atoms with Crippen LogP contribution in [0.3, 0.4) is 0 Å². The molecule has 1 aromatic rings. The van der Waals surface area contributed by atoms with Crippen molar-refractivity contribution in [1.82, 2.24) is 9.88 Å². The van der Waals surface area contributed by atoms with Crippen molar-refractivity contribution in [2.24, 2.45) is 0 Å². The SMILES string of the molecule is Cc1nc(C2=CCC(C(=O)N3CCSC3)=C2)cs1.O=C=O. The highest BCUT2D eigenvalue weighted by Crippen LogP contribution is 2.29. The number of allylic oxidation sites excluding steroid dienone is 3. The Bertz CT molecular complexity index is 622. The number of aryl methyl sites for hydroxylation is 1. The van der Waals surface area contributed by atoms with Gasteiger partial charge in [-0.15, -0.1) is 23.1 Å². The van der Waals surface area contributed by atoms with E-state index >= 15 is 0 Å². The fraction of sp³-hybridized carbons (Fsp3) is 0.357. The van der Waals surface area contributed by atoms with Gasteiger partial charge in [0.15, 0.2) is 0 Å². The predicted molar refractivity (Wildman–Crippen MR) is 81.6 cm³/mol. The second-order valence-corrected chi connectivity index (χ2v) is 6.61. The van der Waals surface area contributed by atoms with Crippen LogP contribution in [0.15, 0.2) is 23.1 Å². The number of thioether (sulfide) groups is 1. The molecule has 2 aliphatic rings. The molecule has 5 nitrogen and oxygen atoms in total. The Labute approximate surface area is 130 Å². The predicted octanol–water partition coefficient (Wildman–Crippen LogP) is 2.11. The van der Waals surface area contributed by atoms with Crippen molar-refractivity contribution >= 4 is 40.7 Å². The normalized spacial score (nSPS) is 16.7. The first-order chi connectivity index (χ1) is 10.2. The summed E-state index contributed by atoms with van der Waals surface area (Å²) in [5.41, 5.74) is 2.99. The number of rotatable bonds is 2. The van der Waals surface area contributed by atoms with Crippen LogP contribution in [0.4, 0.5) is 0 Å². The van der Waals surface area contributed by atoms with Gasteiger partial charge in [-0.3, -0.25) is 4.79 Å². The fourth-order valence-electron chi connectivity index (χ4n) is 2.13. The number of hydrogen-bond donors (Lipinski definition) is 0. The molecule has 0 N–H and O–H groups in total. The van der Waals surface area contributed by atoms with Crippen LogP contribution in [-0.2, 0) is 14.4 Å². The van der Waals surface area contributed by atoms with Gasteiger partial charge in [0.25, 0.3) is 5.91 Å². The van der Waals surface area contributed by atoms with E-state index in [1.165, 1.54) is 0 Å². The van der Waals surface area contributed by atoms with Crippen molar-refractivity contribution in [2.45, 2.75) is 13.3 Å². The Morgan fingerprint density at radius 2 is 2.19 bits per heavy atom. The van der Waals surface area contributed by atoms with Crippen molar-refractivity contribution in [3.05, 3.63) is 33.8 Å². The first-order valence-corrected chi connectivity index (χ1v) is 8.38. The molecule has 0 radical (unpaired) electrons. The highest BCUT2D eigenvalue weighted by molar-refractivity contribution is 7.99. The van der Waals surface area contributed by atoms with Gasteiger partial charge in [-0.25, -0.2) is 4.98 Å². The number of hydrogen-bond acceptors (Lipinski definition) is 6. The Morgan fingerprint density at radius 1 is 1.43 bits per heavy atom. The topological polar surface area (TPSA) is 67.3 Å². The van der Waals surface area contributed by atoms with Gasteiger partial charge in [-0.1, -0.05) is 6.08 Å². The molecule has 1 aliphatic carbocycles. The number of carbonyl (C=O) groups excluding carboxylic acids is 3. The molecule has 110 valence electrons. The summed E-state index contributed by atoms with van der Waals surface area (Å²) in [5, 5.41) is 3.12. The largest absolute Gasteiger partial charge is 0.373 e. The summed E-state index contributed by atoms with van der Waals surface area (Å²) in [4.78, 5) is 34.9. The Hall–Kier alpha value is -1.69. The molecular weight excluding hydrogens is 308 g/mol. The Balaban J connectivity index is 0.000000497. The minimum absolute atomic E-state index is 0.193. The zero-order valence-corrected chi connectivity index (χ0v) is 13.1. The number of carbonyl (C=O) groups is 1. The van der Waals surface area contributed by atoms with E-state index < -0.39 is 0 Å². The molecular formula is C14H14N2O3S2. The van der Waals surface area contributed by atoms with E-state index in [4.69, 9.17) is 9.59 Å². The number of nitrogens with zero attached hydrogens (tertiary/aromatic N) is 2. The van der Waals surface area contributed by atoms with E-state index in [1.54, 1.807) is 11.3 Å². The van der Waals surface area contributed by atoms with Crippen LogP contribution in [-0.4, -0.2) is 40.1 Å². The average Bonchev–Trinajstić information content (AvgIpc) is 3.20. The summed E-state index contributed by atoms with van der Waals surface area (Å²) < 4.78 is 0. The third kappa shape index (κ3) is 3.91. The van der Waals surface area contributed by atoms with Crippen molar-refractivity contribution in [2.75, 3.05) is 18.2 Å². The van der Waals surface area contributed by atoms with Crippen LogP contribution in [0.2, 0.25) is 0 Å². The first-order valence-electron chi connectivity index (χ1n) is 6.35. The van der Waals surface area contributed by atoms with E-state index in [0.717, 1.165) is 46.4 Å². The third-order valence-corrected chi connectivity index (χ3v) is 4.84. The summed E-state index contributed by atoms with van der Waals surface area (Å²) in [6.07, 6.45) is 5.09. The zero-order chi connectivity index (χ0) is 15.2. The lowest BCUT2D eigenvalue weighted by atomic mass is 10.2. The summed E-state index contributed by atoms with van der Waals surface area (Å²) >= 11 is 3.47. The van der Waals surface area contributed by atoms with Gasteiger partial charge in [-0.2, -0.15) is 9.59 Å². The maximum absolute atomic E-state index is 12.2. The molecule has 0 unspecified atom stereocenters. The molecule has 0 saturated carbocycles. The maximum Gasteiger partial charge on any atom is 0.373 e. The van der Waals surface area contributed by atoms with Crippen LogP contribution in [0, 0.1) is 6.92 Å². The molecule has 7 heteroatoms. The van der Waals surface area contributed by atoms with Gasteiger partial charge >= 0.3 is 6.15 Å². The maximum atomic E-state index is 12.2. The average molecular weight is 322 g/mol. The minimum atomic E-state index is 0.193. The third-order valence-electron chi connectivity index (χ3n) is 3.10. The molecule has 1 amide bonds. The molecule has 21 heavy (non-hydrogen) atoms. The standard InChI is InChI=1S/C13H14N2OS2.CO2/c1-9-14-12(7-18-9)10-2-3-11(6-10)13(16)15-4-5-17-8-15;2-1-3/h2,6-7H,3-5,8H2,1H3;. The monoisotopic (exact) mass is 322 g/mol. The molecule has 3 rings (SSSR count). The van der Waals surface area contributed by atoms with Gasteiger partial charge in [0, 0.05) is 23.3 Å². The first kappa shape index (κ1) is 15.7. The van der Waals surface area contributed by atoms with Gasteiger partial charge in [0.1, 0.15) is 0 Å². The van der Waals surface area contributed by atoms with Crippen molar-refractivity contribution < 1.29 is 14.4 Å². The van der Waals surface area contributed by atoms with Gasteiger partial charge < -0.3 is 4.90 Å². The van der Waals surface area contributed by atoms with Crippen LogP contribution in [0.1, 0.15) is 17.1 Å². The molecule has 0 aromatic carbocycles. The molecule has 0 bridgehead atoms. The van der Waals surface area contributed by atoms with E-state index in [1.807, 2.05) is 29.7 Å². The smallest absolute Gasteiger partial charge is 0.329 e. The van der Waals surface area contributed by atoms with Crippen molar-refractivity contribution in [1.29, 1.82) is 0 Å². The highest BCUT2D eigenvalue weighted by Gasteiger charge is 2.24. The number of thiazole rings is 1. The molecule has 1 aliphatic heterocycles. The van der Waals surface area contributed by atoms with Crippen LogP contribution < -0.4 is 0 Å². The molecule has 1 fully saturated rings. The van der Waals surface area contributed by atoms with Crippen molar-refractivity contribution in [3.63, 3.8) is 0 Å². The molecule has 0 spiro atoms. The number of amides is 1. The summed E-state index contributed by atoms with van der Waals surface area (Å²) in [6, 6.07) is 0. The lowest BCUT2D eigenvalue weighted by molar-refractivity contribution is -0.191. The fourth-order valence-corrected chi connectivity index (χ4v) is 3.69. The number of aromatic nitrogens is 1. The van der Waals surface area contributed by atoms with Gasteiger partial charge in [0.2, 0.25) is 0 Å². The zero-order valence-electron chi connectivity index (χ0n) is 11.5. The lowest BCUT2D eigenvalue weighted by Crippen LogP contribution is -2.28. The van der Waals surface area contributed by atoms with Crippen LogP contribution in [0.5, 0.6) is 0 Å². The van der Waals surface area contributed by atoms with Gasteiger partial charge in [-0.05, 0) is 25.0 Å². The quantitative estimate of drug-likeness (QED) is 0.834. The Kier molecular flexibility index (Phi) is 5.50. The van der Waals surface area contributed by atoms with E-state index in [0.29, 0.717) is 0 Å². The van der Waals surface area contributed by atoms with Crippen LogP contribution in [0.25, 0.3) is 5.57 Å². The molecule has 1 saturated heterocycles. The minimum Gasteiger partial charge on any atom is -0.329 e. The van der Waals surface area contributed by atoms with E-state index in [9.17, 15) is 4.79 Å². The second-order valence-electron chi connectivity index (χ2n) is 4.47. The summed E-state index contributed by atoms with van der Waals surface area (Å²) in [6.45, 7) is 2.88. The van der Waals surface area contributed by atoms with Crippen molar-refractivity contribution in [3.8, 4) is 0 Å². The van der Waals surface area contributed by atoms with Gasteiger partial charge in [0.05, 0.1) is 16.6 Å².